The van der Waals surface area contributed by atoms with Gasteiger partial charge in [0.1, 0.15) is 5.75 Å². The van der Waals surface area contributed by atoms with E-state index in [0.717, 1.165) is 30.7 Å². The minimum atomic E-state index is -0.887. The number of carbonyl (C=O) groups is 2. The molecule has 132 valence electrons. The predicted molar refractivity (Wildman–Crippen MR) is 91.1 cm³/mol. The standard InChI is InChI=1S/C18H26N2O4/c1-19(2)9-3-11-24-16-6-4-14(5-7-16)8-10-20-13-15(18(22)23)12-17(20)21/h4-7,15H,3,8-13H2,1-2H3,(H,22,23). The maximum Gasteiger partial charge on any atom is 0.308 e. The molecule has 24 heavy (non-hydrogen) atoms. The number of hydrogen-bond acceptors (Lipinski definition) is 4. The molecule has 1 atom stereocenters. The van der Waals surface area contributed by atoms with Crippen molar-refractivity contribution in [3.8, 4) is 5.75 Å². The number of benzene rings is 1. The first kappa shape index (κ1) is 18.3. The molecule has 0 saturated carbocycles. The second-order valence-corrected chi connectivity index (χ2v) is 6.48. The molecule has 1 aromatic rings. The SMILES string of the molecule is CN(C)CCCOc1ccc(CCN2CC(C(=O)O)CC2=O)cc1. The monoisotopic (exact) mass is 334 g/mol. The summed E-state index contributed by atoms with van der Waals surface area (Å²) in [7, 11) is 4.08. The van der Waals surface area contributed by atoms with Gasteiger partial charge in [-0.3, -0.25) is 9.59 Å². The van der Waals surface area contributed by atoms with Gasteiger partial charge in [-0.25, -0.2) is 0 Å². The molecule has 6 nitrogen and oxygen atoms in total. The van der Waals surface area contributed by atoms with Gasteiger partial charge in [0.2, 0.25) is 5.91 Å². The highest BCUT2D eigenvalue weighted by molar-refractivity contribution is 5.86. The highest BCUT2D eigenvalue weighted by atomic mass is 16.5. The molecule has 1 aliphatic heterocycles. The fourth-order valence-corrected chi connectivity index (χ4v) is 2.74. The van der Waals surface area contributed by atoms with Gasteiger partial charge in [-0.1, -0.05) is 12.1 Å². The van der Waals surface area contributed by atoms with Crippen molar-refractivity contribution in [3.63, 3.8) is 0 Å². The second kappa shape index (κ2) is 8.68. The first-order valence-corrected chi connectivity index (χ1v) is 8.33. The van der Waals surface area contributed by atoms with Gasteiger partial charge in [0.05, 0.1) is 12.5 Å². The van der Waals surface area contributed by atoms with Crippen molar-refractivity contribution in [2.45, 2.75) is 19.3 Å². The fraction of sp³-hybridized carbons (Fsp3) is 0.556. The third-order valence-electron chi connectivity index (χ3n) is 4.18. The third-order valence-corrected chi connectivity index (χ3v) is 4.18. The molecule has 0 aliphatic carbocycles. The van der Waals surface area contributed by atoms with E-state index in [2.05, 4.69) is 4.90 Å². The van der Waals surface area contributed by atoms with Crippen molar-refractivity contribution in [1.29, 1.82) is 0 Å². The van der Waals surface area contributed by atoms with Crippen LogP contribution in [0.4, 0.5) is 0 Å². The van der Waals surface area contributed by atoms with E-state index >= 15 is 0 Å². The predicted octanol–water partition coefficient (Wildman–Crippen LogP) is 1.49. The highest BCUT2D eigenvalue weighted by Crippen LogP contribution is 2.19. The molecular weight excluding hydrogens is 308 g/mol. The molecule has 6 heteroatoms. The zero-order valence-corrected chi connectivity index (χ0v) is 14.4. The summed E-state index contributed by atoms with van der Waals surface area (Å²) in [6.07, 6.45) is 1.82. The van der Waals surface area contributed by atoms with Crippen LogP contribution in [-0.2, 0) is 16.0 Å². The van der Waals surface area contributed by atoms with Crippen LogP contribution >= 0.6 is 0 Å². The summed E-state index contributed by atoms with van der Waals surface area (Å²) >= 11 is 0. The van der Waals surface area contributed by atoms with Crippen molar-refractivity contribution < 1.29 is 19.4 Å². The Hall–Kier alpha value is -2.08. The zero-order valence-electron chi connectivity index (χ0n) is 14.4. The lowest BCUT2D eigenvalue weighted by Gasteiger charge is -2.16. The van der Waals surface area contributed by atoms with E-state index < -0.39 is 11.9 Å². The van der Waals surface area contributed by atoms with Crippen LogP contribution in [0.25, 0.3) is 0 Å². The molecule has 0 spiro atoms. The minimum absolute atomic E-state index is 0.0664. The van der Waals surface area contributed by atoms with Gasteiger partial charge in [-0.05, 0) is 44.6 Å². The molecule has 1 fully saturated rings. The number of aliphatic carboxylic acids is 1. The van der Waals surface area contributed by atoms with Gasteiger partial charge < -0.3 is 19.6 Å². The molecule has 1 aliphatic rings. The van der Waals surface area contributed by atoms with Crippen LogP contribution in [0, 0.1) is 5.92 Å². The van der Waals surface area contributed by atoms with Gasteiger partial charge >= 0.3 is 5.97 Å². The largest absolute Gasteiger partial charge is 0.494 e. The van der Waals surface area contributed by atoms with Crippen LogP contribution in [0.15, 0.2) is 24.3 Å². The molecular formula is C18H26N2O4. The average Bonchev–Trinajstić information content (AvgIpc) is 2.92. The summed E-state index contributed by atoms with van der Waals surface area (Å²) in [5.74, 6) is -0.666. The summed E-state index contributed by atoms with van der Waals surface area (Å²) < 4.78 is 5.69. The van der Waals surface area contributed by atoms with E-state index in [4.69, 9.17) is 9.84 Å². The molecule has 0 bridgehead atoms. The lowest BCUT2D eigenvalue weighted by molar-refractivity contribution is -0.141. The van der Waals surface area contributed by atoms with E-state index in [0.29, 0.717) is 19.7 Å². The first-order valence-electron chi connectivity index (χ1n) is 8.33. The van der Waals surface area contributed by atoms with E-state index in [-0.39, 0.29) is 12.3 Å². The smallest absolute Gasteiger partial charge is 0.308 e. The van der Waals surface area contributed by atoms with Gasteiger partial charge in [0, 0.05) is 26.1 Å². The molecule has 0 radical (unpaired) electrons. The fourth-order valence-electron chi connectivity index (χ4n) is 2.74. The van der Waals surface area contributed by atoms with Crippen LogP contribution in [0.2, 0.25) is 0 Å². The third kappa shape index (κ3) is 5.53. The topological polar surface area (TPSA) is 70.1 Å². The second-order valence-electron chi connectivity index (χ2n) is 6.48. The number of likely N-dealkylation sites (tertiary alicyclic amines) is 1. The summed E-state index contributed by atoms with van der Waals surface area (Å²) in [6.45, 7) is 2.57. The molecule has 2 rings (SSSR count). The van der Waals surface area contributed by atoms with Crippen molar-refractivity contribution in [2.75, 3.05) is 40.3 Å². The number of amides is 1. The summed E-state index contributed by atoms with van der Waals surface area (Å²) in [4.78, 5) is 26.5. The number of carbonyl (C=O) groups excluding carboxylic acids is 1. The van der Waals surface area contributed by atoms with Crippen molar-refractivity contribution >= 4 is 11.9 Å². The Morgan fingerprint density at radius 1 is 1.33 bits per heavy atom. The van der Waals surface area contributed by atoms with Gasteiger partial charge in [-0.2, -0.15) is 0 Å². The van der Waals surface area contributed by atoms with Gasteiger partial charge in [0.25, 0.3) is 0 Å². The van der Waals surface area contributed by atoms with Crippen LogP contribution in [0.1, 0.15) is 18.4 Å². The highest BCUT2D eigenvalue weighted by Gasteiger charge is 2.33. The number of hydrogen-bond donors (Lipinski definition) is 1. The van der Waals surface area contributed by atoms with Gasteiger partial charge in [0.15, 0.2) is 0 Å². The number of rotatable bonds is 9. The summed E-state index contributed by atoms with van der Waals surface area (Å²) in [5, 5.41) is 8.99. The molecule has 0 aromatic heterocycles. The maximum absolute atomic E-state index is 11.8. The average molecular weight is 334 g/mol. The van der Waals surface area contributed by atoms with Crippen LogP contribution in [0.3, 0.4) is 0 Å². The van der Waals surface area contributed by atoms with Gasteiger partial charge in [-0.15, -0.1) is 0 Å². The van der Waals surface area contributed by atoms with Crippen LogP contribution in [0.5, 0.6) is 5.75 Å². The van der Waals surface area contributed by atoms with E-state index in [1.807, 2.05) is 38.4 Å². The molecule has 1 N–H and O–H groups in total. The number of carboxylic acid groups (broad SMARTS) is 1. The van der Waals surface area contributed by atoms with E-state index in [9.17, 15) is 9.59 Å². The first-order chi connectivity index (χ1) is 11.5. The Bertz CT molecular complexity index is 557. The summed E-state index contributed by atoms with van der Waals surface area (Å²) in [6, 6.07) is 7.88. The Morgan fingerprint density at radius 3 is 2.62 bits per heavy atom. The van der Waals surface area contributed by atoms with Crippen molar-refractivity contribution in [3.05, 3.63) is 29.8 Å². The van der Waals surface area contributed by atoms with E-state index in [1.54, 1.807) is 4.90 Å². The molecule has 1 saturated heterocycles. The lowest BCUT2D eigenvalue weighted by Crippen LogP contribution is -2.28. The number of ether oxygens (including phenoxy) is 1. The normalized spacial score (nSPS) is 17.5. The Morgan fingerprint density at radius 2 is 2.04 bits per heavy atom. The van der Waals surface area contributed by atoms with Crippen LogP contribution in [-0.4, -0.2) is 67.1 Å². The quantitative estimate of drug-likeness (QED) is 0.693. The number of nitrogens with zero attached hydrogens (tertiary/aromatic N) is 2. The van der Waals surface area contributed by atoms with Crippen LogP contribution < -0.4 is 4.74 Å². The zero-order chi connectivity index (χ0) is 17.5. The molecule has 1 unspecified atom stereocenters. The Labute approximate surface area is 143 Å². The summed E-state index contributed by atoms with van der Waals surface area (Å²) in [5.41, 5.74) is 1.11. The molecule has 1 amide bonds. The van der Waals surface area contributed by atoms with Crippen molar-refractivity contribution in [2.24, 2.45) is 5.92 Å². The Kier molecular flexibility index (Phi) is 6.61. The lowest BCUT2D eigenvalue weighted by atomic mass is 10.1. The van der Waals surface area contributed by atoms with Crippen molar-refractivity contribution in [1.82, 2.24) is 9.80 Å². The Balaban J connectivity index is 1.74. The molecule has 1 heterocycles. The molecule has 1 aromatic carbocycles. The minimum Gasteiger partial charge on any atom is -0.494 e. The maximum atomic E-state index is 11.8. The van der Waals surface area contributed by atoms with E-state index in [1.165, 1.54) is 0 Å². The number of carboxylic acids is 1.